The van der Waals surface area contributed by atoms with Crippen LogP contribution < -0.4 is 10.0 Å². The number of carbonyl (C=O) groups excluding carboxylic acids is 1. The number of fused-ring (bicyclic) bond motifs is 1. The molecule has 9 nitrogen and oxygen atoms in total. The number of nitrogens with one attached hydrogen (secondary N) is 2. The van der Waals surface area contributed by atoms with Gasteiger partial charge in [-0.25, -0.2) is 23.2 Å². The Balaban J connectivity index is 1.71. The molecule has 4 aromatic rings. The molecule has 1 atom stereocenters. The Morgan fingerprint density at radius 3 is 2.03 bits per heavy atom. The second kappa shape index (κ2) is 10.5. The van der Waals surface area contributed by atoms with Crippen molar-refractivity contribution in [2.75, 3.05) is 16.6 Å². The molecule has 0 spiro atoms. The number of esters is 1. The predicted octanol–water partition coefficient (Wildman–Crippen LogP) is 4.80. The number of rotatable bonds is 8. The van der Waals surface area contributed by atoms with E-state index in [-0.39, 0.29) is 28.8 Å². The summed E-state index contributed by atoms with van der Waals surface area (Å²) in [4.78, 5) is 20.8. The lowest BCUT2D eigenvalue weighted by molar-refractivity contribution is -0.267. The van der Waals surface area contributed by atoms with Crippen molar-refractivity contribution in [3.05, 3.63) is 83.9 Å². The van der Waals surface area contributed by atoms with Gasteiger partial charge in [0.1, 0.15) is 0 Å². The summed E-state index contributed by atoms with van der Waals surface area (Å²) >= 11 is 0. The van der Waals surface area contributed by atoms with Crippen molar-refractivity contribution < 1.29 is 36.2 Å². The number of hydrogen-bond donors (Lipinski definition) is 3. The fraction of sp³-hybridized carbons (Fsp3) is 0.192. The van der Waals surface area contributed by atoms with Crippen LogP contribution in [0.3, 0.4) is 0 Å². The van der Waals surface area contributed by atoms with Crippen LogP contribution in [0.4, 0.5) is 30.5 Å². The van der Waals surface area contributed by atoms with Gasteiger partial charge in [-0.05, 0) is 50.2 Å². The minimum absolute atomic E-state index is 0.0104. The molecule has 0 unspecified atom stereocenters. The molecule has 0 radical (unpaired) electrons. The van der Waals surface area contributed by atoms with Gasteiger partial charge in [0, 0.05) is 11.3 Å². The highest BCUT2D eigenvalue weighted by Crippen LogP contribution is 2.40. The molecule has 0 aliphatic heterocycles. The molecule has 0 aliphatic rings. The van der Waals surface area contributed by atoms with Gasteiger partial charge in [-0.2, -0.15) is 13.2 Å². The standard InChI is InChI=1S/C26H23F3N4O5S/c1-3-38-24(34)25(35,26(27,28)29)17-10-12-18(13-11-17)30-22-23(32-21-7-5-4-6-20(21)31-22)33-39(36,37)19-14-8-16(2)9-15-19/h4-15,35H,3H2,1-2H3,(H,30,31)(H,32,33)/t25-/m1/s1. The summed E-state index contributed by atoms with van der Waals surface area (Å²) in [5, 5.41) is 13.1. The van der Waals surface area contributed by atoms with Crippen LogP contribution in [0, 0.1) is 6.92 Å². The van der Waals surface area contributed by atoms with Crippen LogP contribution in [0.15, 0.2) is 77.7 Å². The van der Waals surface area contributed by atoms with Gasteiger partial charge >= 0.3 is 12.1 Å². The number of ether oxygens (including phenoxy) is 1. The molecule has 0 amide bonds. The summed E-state index contributed by atoms with van der Waals surface area (Å²) in [6, 6.07) is 17.0. The molecule has 1 aromatic heterocycles. The predicted molar refractivity (Wildman–Crippen MR) is 138 cm³/mol. The summed E-state index contributed by atoms with van der Waals surface area (Å²) in [5.74, 6) is -2.04. The molecule has 0 aliphatic carbocycles. The van der Waals surface area contributed by atoms with Crippen molar-refractivity contribution in [2.24, 2.45) is 0 Å². The van der Waals surface area contributed by atoms with Gasteiger partial charge in [-0.1, -0.05) is 42.0 Å². The first-order valence-corrected chi connectivity index (χ1v) is 13.0. The van der Waals surface area contributed by atoms with E-state index in [0.29, 0.717) is 11.0 Å². The van der Waals surface area contributed by atoms with Crippen molar-refractivity contribution in [2.45, 2.75) is 30.5 Å². The number of alkyl halides is 3. The number of aryl methyl sites for hydroxylation is 1. The molecule has 204 valence electrons. The fourth-order valence-electron chi connectivity index (χ4n) is 3.63. The zero-order valence-electron chi connectivity index (χ0n) is 20.7. The van der Waals surface area contributed by atoms with Gasteiger partial charge in [-0.3, -0.25) is 4.72 Å². The molecular weight excluding hydrogens is 537 g/mol. The van der Waals surface area contributed by atoms with E-state index >= 15 is 0 Å². The minimum atomic E-state index is -5.35. The van der Waals surface area contributed by atoms with E-state index in [1.165, 1.54) is 31.2 Å². The highest BCUT2D eigenvalue weighted by Gasteiger charge is 2.62. The Hall–Kier alpha value is -4.23. The third-order valence-electron chi connectivity index (χ3n) is 5.68. The van der Waals surface area contributed by atoms with E-state index in [0.717, 1.165) is 17.7 Å². The maximum absolute atomic E-state index is 13.7. The van der Waals surface area contributed by atoms with Crippen molar-refractivity contribution >= 4 is 44.3 Å². The molecule has 0 fully saturated rings. The van der Waals surface area contributed by atoms with Crippen molar-refractivity contribution in [1.29, 1.82) is 0 Å². The number of benzene rings is 3. The molecule has 4 rings (SSSR count). The maximum Gasteiger partial charge on any atom is 0.432 e. The van der Waals surface area contributed by atoms with Crippen molar-refractivity contribution in [3.8, 4) is 0 Å². The Bertz CT molecular complexity index is 1610. The smallest absolute Gasteiger partial charge is 0.432 e. The highest BCUT2D eigenvalue weighted by atomic mass is 32.2. The average molecular weight is 561 g/mol. The summed E-state index contributed by atoms with van der Waals surface area (Å²) in [6.45, 7) is 2.77. The lowest BCUT2D eigenvalue weighted by Gasteiger charge is -2.28. The van der Waals surface area contributed by atoms with Gasteiger partial charge in [0.2, 0.25) is 0 Å². The quantitative estimate of drug-likeness (QED) is 0.262. The number of carbonyl (C=O) groups is 1. The summed E-state index contributed by atoms with van der Waals surface area (Å²) in [6.07, 6.45) is -5.35. The third-order valence-corrected chi connectivity index (χ3v) is 7.03. The van der Waals surface area contributed by atoms with Gasteiger partial charge in [0.15, 0.2) is 11.6 Å². The highest BCUT2D eigenvalue weighted by molar-refractivity contribution is 7.92. The topological polar surface area (TPSA) is 131 Å². The number of anilines is 3. The van der Waals surface area contributed by atoms with Crippen molar-refractivity contribution in [3.63, 3.8) is 0 Å². The molecular formula is C26H23F3N4O5S. The average Bonchev–Trinajstić information content (AvgIpc) is 2.88. The largest absolute Gasteiger partial charge is 0.463 e. The molecule has 0 bridgehead atoms. The Kier molecular flexibility index (Phi) is 7.48. The molecule has 1 heterocycles. The van der Waals surface area contributed by atoms with E-state index in [1.54, 1.807) is 36.4 Å². The molecule has 0 saturated heterocycles. The summed E-state index contributed by atoms with van der Waals surface area (Å²) in [7, 11) is -4.07. The van der Waals surface area contributed by atoms with Gasteiger partial charge in [0.05, 0.1) is 22.5 Å². The minimum Gasteiger partial charge on any atom is -0.463 e. The Labute approximate surface area is 221 Å². The summed E-state index contributed by atoms with van der Waals surface area (Å²) in [5.41, 5.74) is -2.78. The fourth-order valence-corrected chi connectivity index (χ4v) is 4.64. The van der Waals surface area contributed by atoms with Crippen LogP contribution in [0.1, 0.15) is 18.1 Å². The number of para-hydroxylation sites is 2. The lowest BCUT2D eigenvalue weighted by atomic mass is 9.93. The number of nitrogens with zero attached hydrogens (tertiary/aromatic N) is 2. The van der Waals surface area contributed by atoms with Gasteiger partial charge in [0.25, 0.3) is 15.6 Å². The maximum atomic E-state index is 13.7. The van der Waals surface area contributed by atoms with E-state index in [9.17, 15) is 31.5 Å². The number of hydrogen-bond acceptors (Lipinski definition) is 8. The van der Waals surface area contributed by atoms with Crippen LogP contribution in [-0.2, 0) is 25.2 Å². The Morgan fingerprint density at radius 1 is 0.923 bits per heavy atom. The first-order chi connectivity index (χ1) is 18.3. The second-order valence-corrected chi connectivity index (χ2v) is 10.1. The van der Waals surface area contributed by atoms with E-state index in [1.807, 2.05) is 6.92 Å². The first kappa shape index (κ1) is 27.8. The zero-order valence-corrected chi connectivity index (χ0v) is 21.5. The second-order valence-electron chi connectivity index (χ2n) is 8.46. The number of aliphatic hydroxyl groups is 1. The number of halogens is 3. The molecule has 3 aromatic carbocycles. The molecule has 0 saturated carbocycles. The zero-order chi connectivity index (χ0) is 28.4. The van der Waals surface area contributed by atoms with E-state index in [2.05, 4.69) is 24.7 Å². The Morgan fingerprint density at radius 2 is 1.49 bits per heavy atom. The SMILES string of the molecule is CCOC(=O)[C@](O)(c1ccc(Nc2nc3ccccc3nc2NS(=O)(=O)c2ccc(C)cc2)cc1)C(F)(F)F. The molecule has 13 heteroatoms. The summed E-state index contributed by atoms with van der Waals surface area (Å²) < 4.78 is 74.0. The van der Waals surface area contributed by atoms with Crippen LogP contribution in [0.2, 0.25) is 0 Å². The lowest BCUT2D eigenvalue weighted by Crippen LogP contribution is -2.50. The van der Waals surface area contributed by atoms with Crippen LogP contribution >= 0.6 is 0 Å². The molecule has 39 heavy (non-hydrogen) atoms. The van der Waals surface area contributed by atoms with Gasteiger partial charge in [-0.15, -0.1) is 0 Å². The van der Waals surface area contributed by atoms with Crippen LogP contribution in [0.25, 0.3) is 11.0 Å². The monoisotopic (exact) mass is 560 g/mol. The number of sulfonamides is 1. The van der Waals surface area contributed by atoms with E-state index < -0.39 is 33.3 Å². The normalized spacial score (nSPS) is 13.5. The van der Waals surface area contributed by atoms with E-state index in [4.69, 9.17) is 0 Å². The van der Waals surface area contributed by atoms with Crippen molar-refractivity contribution in [1.82, 2.24) is 9.97 Å². The van der Waals surface area contributed by atoms with Crippen LogP contribution in [0.5, 0.6) is 0 Å². The van der Waals surface area contributed by atoms with Crippen LogP contribution in [-0.4, -0.2) is 42.2 Å². The third kappa shape index (κ3) is 5.64. The first-order valence-electron chi connectivity index (χ1n) is 11.6. The molecule has 3 N–H and O–H groups in total. The van der Waals surface area contributed by atoms with Gasteiger partial charge < -0.3 is 15.2 Å². The number of aromatic nitrogens is 2.